The molecule has 4 heteroatoms. The van der Waals surface area contributed by atoms with E-state index in [1.807, 2.05) is 53.9 Å². The summed E-state index contributed by atoms with van der Waals surface area (Å²) in [7, 11) is 0. The van der Waals surface area contributed by atoms with Gasteiger partial charge in [0, 0.05) is 23.7 Å². The van der Waals surface area contributed by atoms with Crippen LogP contribution in [-0.2, 0) is 6.54 Å². The molecule has 0 radical (unpaired) electrons. The van der Waals surface area contributed by atoms with Gasteiger partial charge < -0.3 is 5.32 Å². The van der Waals surface area contributed by atoms with Crippen molar-refractivity contribution < 1.29 is 0 Å². The van der Waals surface area contributed by atoms with Gasteiger partial charge in [-0.2, -0.15) is 9.61 Å². The van der Waals surface area contributed by atoms with Gasteiger partial charge in [0.15, 0.2) is 5.65 Å². The normalized spacial score (nSPS) is 11.0. The second-order valence-electron chi connectivity index (χ2n) is 7.29. The Balaban J connectivity index is 1.68. The zero-order valence-electron chi connectivity index (χ0n) is 16.8. The molecule has 5 aromatic rings. The lowest BCUT2D eigenvalue weighted by molar-refractivity contribution is 0.908. The van der Waals surface area contributed by atoms with E-state index in [-0.39, 0.29) is 0 Å². The molecule has 0 aliphatic heterocycles. The molecule has 0 saturated heterocycles. The topological polar surface area (TPSA) is 42.2 Å². The molecule has 5 rings (SSSR count). The van der Waals surface area contributed by atoms with Crippen LogP contribution in [0.1, 0.15) is 11.3 Å². The molecular formula is C26H22N4. The van der Waals surface area contributed by atoms with E-state index >= 15 is 0 Å². The summed E-state index contributed by atoms with van der Waals surface area (Å²) in [5.41, 5.74) is 7.23. The fraction of sp³-hybridized carbons (Fsp3) is 0.0769. The molecule has 3 aromatic carbocycles. The van der Waals surface area contributed by atoms with Crippen molar-refractivity contribution in [1.82, 2.24) is 14.6 Å². The van der Waals surface area contributed by atoms with E-state index in [1.54, 1.807) is 0 Å². The molecule has 0 aliphatic carbocycles. The summed E-state index contributed by atoms with van der Waals surface area (Å²) in [5.74, 6) is 0.924. The third-order valence-electron chi connectivity index (χ3n) is 5.21. The van der Waals surface area contributed by atoms with E-state index in [1.165, 1.54) is 5.56 Å². The molecule has 30 heavy (non-hydrogen) atoms. The molecule has 0 bridgehead atoms. The Kier molecular flexibility index (Phi) is 4.74. The molecule has 4 nitrogen and oxygen atoms in total. The highest BCUT2D eigenvalue weighted by Gasteiger charge is 2.17. The van der Waals surface area contributed by atoms with E-state index in [9.17, 15) is 0 Å². The monoisotopic (exact) mass is 390 g/mol. The van der Waals surface area contributed by atoms with Crippen LogP contribution >= 0.6 is 0 Å². The van der Waals surface area contributed by atoms with Crippen LogP contribution in [0.3, 0.4) is 0 Å². The van der Waals surface area contributed by atoms with Crippen molar-refractivity contribution >= 4 is 11.5 Å². The number of fused-ring (bicyclic) bond motifs is 1. The van der Waals surface area contributed by atoms with Crippen LogP contribution < -0.4 is 5.32 Å². The van der Waals surface area contributed by atoms with Gasteiger partial charge in [-0.3, -0.25) is 0 Å². The Morgan fingerprint density at radius 3 is 2.03 bits per heavy atom. The molecule has 2 aromatic heterocycles. The number of rotatable bonds is 5. The lowest BCUT2D eigenvalue weighted by Crippen LogP contribution is -2.07. The zero-order chi connectivity index (χ0) is 20.3. The third kappa shape index (κ3) is 3.44. The Morgan fingerprint density at radius 2 is 1.37 bits per heavy atom. The number of anilines is 1. The number of nitrogens with one attached hydrogen (secondary N) is 1. The quantitative estimate of drug-likeness (QED) is 0.401. The fourth-order valence-electron chi connectivity index (χ4n) is 3.74. The van der Waals surface area contributed by atoms with Crippen LogP contribution in [0.4, 0.5) is 5.82 Å². The SMILES string of the molecule is Cc1nn2c(NCc3ccccc3)cc(-c3ccccc3)nc2c1-c1ccccc1. The molecule has 2 heterocycles. The molecule has 0 unspecified atom stereocenters. The Labute approximate surface area is 175 Å². The van der Waals surface area contributed by atoms with E-state index < -0.39 is 0 Å². The van der Waals surface area contributed by atoms with Crippen LogP contribution in [0, 0.1) is 6.92 Å². The predicted molar refractivity (Wildman–Crippen MR) is 122 cm³/mol. The summed E-state index contributed by atoms with van der Waals surface area (Å²) < 4.78 is 1.92. The smallest absolute Gasteiger partial charge is 0.166 e. The van der Waals surface area contributed by atoms with Gasteiger partial charge in [-0.25, -0.2) is 4.98 Å². The molecule has 0 amide bonds. The van der Waals surface area contributed by atoms with E-state index in [0.717, 1.165) is 39.5 Å². The van der Waals surface area contributed by atoms with Crippen molar-refractivity contribution in [3.05, 3.63) is 108 Å². The molecular weight excluding hydrogens is 368 g/mol. The van der Waals surface area contributed by atoms with Crippen LogP contribution in [0.15, 0.2) is 97.1 Å². The number of benzene rings is 3. The first-order chi connectivity index (χ1) is 14.8. The Hall–Kier alpha value is -3.92. The summed E-state index contributed by atoms with van der Waals surface area (Å²) >= 11 is 0. The van der Waals surface area contributed by atoms with Crippen molar-refractivity contribution in [2.75, 3.05) is 5.32 Å². The van der Waals surface area contributed by atoms with E-state index in [4.69, 9.17) is 10.1 Å². The molecule has 0 fully saturated rings. The fourth-order valence-corrected chi connectivity index (χ4v) is 3.74. The van der Waals surface area contributed by atoms with Gasteiger partial charge in [0.1, 0.15) is 5.82 Å². The summed E-state index contributed by atoms with van der Waals surface area (Å²) in [5, 5.41) is 8.39. The molecule has 0 atom stereocenters. The molecule has 1 N–H and O–H groups in total. The van der Waals surface area contributed by atoms with Crippen molar-refractivity contribution in [2.24, 2.45) is 0 Å². The van der Waals surface area contributed by atoms with Gasteiger partial charge in [-0.1, -0.05) is 91.0 Å². The number of aromatic nitrogens is 3. The highest BCUT2D eigenvalue weighted by atomic mass is 15.3. The van der Waals surface area contributed by atoms with Gasteiger partial charge in [-0.15, -0.1) is 0 Å². The van der Waals surface area contributed by atoms with E-state index in [0.29, 0.717) is 6.54 Å². The highest BCUT2D eigenvalue weighted by molar-refractivity contribution is 5.82. The lowest BCUT2D eigenvalue weighted by Gasteiger charge is -2.11. The Morgan fingerprint density at radius 1 is 0.767 bits per heavy atom. The summed E-state index contributed by atoms with van der Waals surface area (Å²) in [6.07, 6.45) is 0. The first-order valence-corrected chi connectivity index (χ1v) is 10.1. The minimum atomic E-state index is 0.716. The van der Waals surface area contributed by atoms with Gasteiger partial charge in [0.25, 0.3) is 0 Å². The van der Waals surface area contributed by atoms with Gasteiger partial charge in [-0.05, 0) is 18.1 Å². The maximum absolute atomic E-state index is 5.02. The maximum Gasteiger partial charge on any atom is 0.166 e. The van der Waals surface area contributed by atoms with Crippen LogP contribution in [-0.4, -0.2) is 14.6 Å². The zero-order valence-corrected chi connectivity index (χ0v) is 16.8. The molecule has 0 saturated carbocycles. The van der Waals surface area contributed by atoms with Gasteiger partial charge in [0.2, 0.25) is 0 Å². The van der Waals surface area contributed by atoms with Crippen LogP contribution in [0.25, 0.3) is 28.0 Å². The largest absolute Gasteiger partial charge is 0.366 e. The summed E-state index contributed by atoms with van der Waals surface area (Å²) in [6.45, 7) is 2.76. The molecule has 146 valence electrons. The van der Waals surface area contributed by atoms with Crippen LogP contribution in [0.2, 0.25) is 0 Å². The first kappa shape index (κ1) is 18.1. The second-order valence-corrected chi connectivity index (χ2v) is 7.29. The van der Waals surface area contributed by atoms with Crippen LogP contribution in [0.5, 0.6) is 0 Å². The van der Waals surface area contributed by atoms with Crippen molar-refractivity contribution in [3.8, 4) is 22.4 Å². The number of hydrogen-bond donors (Lipinski definition) is 1. The number of nitrogens with zero attached hydrogens (tertiary/aromatic N) is 3. The number of hydrogen-bond acceptors (Lipinski definition) is 3. The molecule has 0 aliphatic rings. The standard InChI is InChI=1S/C26H22N4/c1-19-25(22-15-9-4-10-16-22)26-28-23(21-13-7-3-8-14-21)17-24(30(26)29-19)27-18-20-11-5-2-6-12-20/h2-17,27H,18H2,1H3. The number of aryl methyl sites for hydroxylation is 1. The maximum atomic E-state index is 5.02. The third-order valence-corrected chi connectivity index (χ3v) is 5.21. The van der Waals surface area contributed by atoms with Gasteiger partial charge >= 0.3 is 0 Å². The van der Waals surface area contributed by atoms with Crippen molar-refractivity contribution in [3.63, 3.8) is 0 Å². The average Bonchev–Trinajstić information content (AvgIpc) is 3.15. The minimum absolute atomic E-state index is 0.716. The molecule has 0 spiro atoms. The van der Waals surface area contributed by atoms with Crippen molar-refractivity contribution in [2.45, 2.75) is 13.5 Å². The van der Waals surface area contributed by atoms with E-state index in [2.05, 4.69) is 59.9 Å². The average molecular weight is 390 g/mol. The summed E-state index contributed by atoms with van der Waals surface area (Å²) in [6, 6.07) is 33.1. The highest BCUT2D eigenvalue weighted by Crippen LogP contribution is 2.31. The summed E-state index contributed by atoms with van der Waals surface area (Å²) in [4.78, 5) is 5.02. The minimum Gasteiger partial charge on any atom is -0.366 e. The predicted octanol–water partition coefficient (Wildman–Crippen LogP) is 5.98. The van der Waals surface area contributed by atoms with Gasteiger partial charge in [0.05, 0.1) is 11.4 Å². The lowest BCUT2D eigenvalue weighted by atomic mass is 10.1. The first-order valence-electron chi connectivity index (χ1n) is 10.1. The second kappa shape index (κ2) is 7.84. The Bertz CT molecular complexity index is 1280. The van der Waals surface area contributed by atoms with Crippen molar-refractivity contribution in [1.29, 1.82) is 0 Å².